The molecule has 1 aliphatic heterocycles. The fraction of sp³-hybridized carbons (Fsp3) is 0.273. The molecule has 1 atom stereocenters. The van der Waals surface area contributed by atoms with Gasteiger partial charge in [-0.05, 0) is 43.2 Å². The Kier molecular flexibility index (Phi) is 4.60. The number of hydrogen-bond donors (Lipinski definition) is 1. The number of aromatic nitrogens is 3. The molecule has 148 valence electrons. The van der Waals surface area contributed by atoms with Crippen molar-refractivity contribution in [3.05, 3.63) is 53.3 Å². The fourth-order valence-electron chi connectivity index (χ4n) is 3.41. The summed E-state index contributed by atoms with van der Waals surface area (Å²) in [4.78, 5) is 4.87. The van der Waals surface area contributed by atoms with Crippen molar-refractivity contribution >= 4 is 21.6 Å². The maximum Gasteiger partial charge on any atom is 0.184 e. The first kappa shape index (κ1) is 18.0. The molecule has 1 N–H and O–H groups in total. The van der Waals surface area contributed by atoms with Crippen LogP contribution in [0.15, 0.2) is 42.6 Å². The SMILES string of the molecule is CCCOc1cc(-c2cn[nH]c2C)cc2sc(C3COc4ccccc4O3)nc12. The summed E-state index contributed by atoms with van der Waals surface area (Å²) in [5.74, 6) is 2.31. The van der Waals surface area contributed by atoms with Gasteiger partial charge in [0.15, 0.2) is 17.6 Å². The van der Waals surface area contributed by atoms with E-state index >= 15 is 0 Å². The summed E-state index contributed by atoms with van der Waals surface area (Å²) in [5, 5.41) is 8.05. The van der Waals surface area contributed by atoms with Crippen molar-refractivity contribution in [3.63, 3.8) is 0 Å². The number of thiazole rings is 1. The summed E-state index contributed by atoms with van der Waals surface area (Å²) in [5.41, 5.74) is 4.02. The van der Waals surface area contributed by atoms with Crippen molar-refractivity contribution in [3.8, 4) is 28.4 Å². The quantitative estimate of drug-likeness (QED) is 0.486. The van der Waals surface area contributed by atoms with Crippen molar-refractivity contribution in [2.75, 3.05) is 13.2 Å². The summed E-state index contributed by atoms with van der Waals surface area (Å²) in [6.07, 6.45) is 2.54. The van der Waals surface area contributed by atoms with E-state index in [9.17, 15) is 0 Å². The van der Waals surface area contributed by atoms with Crippen molar-refractivity contribution in [1.82, 2.24) is 15.2 Å². The summed E-state index contributed by atoms with van der Waals surface area (Å²) in [6.45, 7) is 5.20. The zero-order chi connectivity index (χ0) is 19.8. The Balaban J connectivity index is 1.56. The molecule has 0 fully saturated rings. The molecule has 29 heavy (non-hydrogen) atoms. The Hall–Kier alpha value is -3.06. The van der Waals surface area contributed by atoms with E-state index in [2.05, 4.69) is 23.2 Å². The van der Waals surface area contributed by atoms with Crippen LogP contribution in [0.5, 0.6) is 17.2 Å². The van der Waals surface area contributed by atoms with Gasteiger partial charge in [0, 0.05) is 11.3 Å². The highest BCUT2D eigenvalue weighted by Crippen LogP contribution is 2.41. The Morgan fingerprint density at radius 1 is 1.24 bits per heavy atom. The average Bonchev–Trinajstić information content (AvgIpc) is 3.37. The van der Waals surface area contributed by atoms with E-state index in [1.54, 1.807) is 11.3 Å². The van der Waals surface area contributed by atoms with Gasteiger partial charge in [0.1, 0.15) is 22.9 Å². The molecule has 3 heterocycles. The molecule has 1 aliphatic rings. The maximum absolute atomic E-state index is 6.16. The highest BCUT2D eigenvalue weighted by atomic mass is 32.1. The molecule has 0 aliphatic carbocycles. The third kappa shape index (κ3) is 3.31. The lowest BCUT2D eigenvalue weighted by atomic mass is 10.1. The summed E-state index contributed by atoms with van der Waals surface area (Å²) < 4.78 is 19.1. The first-order valence-corrected chi connectivity index (χ1v) is 10.5. The topological polar surface area (TPSA) is 69.3 Å². The molecule has 6 nitrogen and oxygen atoms in total. The van der Waals surface area contributed by atoms with Gasteiger partial charge in [-0.2, -0.15) is 5.10 Å². The third-order valence-electron chi connectivity index (χ3n) is 4.86. The van der Waals surface area contributed by atoms with Crippen molar-refractivity contribution in [2.24, 2.45) is 0 Å². The lowest BCUT2D eigenvalue weighted by Gasteiger charge is -2.24. The van der Waals surface area contributed by atoms with Gasteiger partial charge in [-0.1, -0.05) is 19.1 Å². The van der Waals surface area contributed by atoms with Gasteiger partial charge >= 0.3 is 0 Å². The number of nitrogens with one attached hydrogen (secondary N) is 1. The highest BCUT2D eigenvalue weighted by Gasteiger charge is 2.26. The van der Waals surface area contributed by atoms with E-state index in [0.717, 1.165) is 55.7 Å². The second kappa shape index (κ2) is 7.40. The lowest BCUT2D eigenvalue weighted by molar-refractivity contribution is 0.0912. The molecule has 5 rings (SSSR count). The van der Waals surface area contributed by atoms with Crippen LogP contribution in [-0.2, 0) is 0 Å². The van der Waals surface area contributed by atoms with Crippen LogP contribution in [0.2, 0.25) is 0 Å². The molecule has 0 saturated heterocycles. The van der Waals surface area contributed by atoms with E-state index in [4.69, 9.17) is 19.2 Å². The van der Waals surface area contributed by atoms with Crippen LogP contribution in [0.1, 0.15) is 30.2 Å². The normalized spacial score (nSPS) is 15.6. The largest absolute Gasteiger partial charge is 0.491 e. The fourth-order valence-corrected chi connectivity index (χ4v) is 4.45. The van der Waals surface area contributed by atoms with Gasteiger partial charge in [0.25, 0.3) is 0 Å². The van der Waals surface area contributed by atoms with Gasteiger partial charge in [-0.3, -0.25) is 5.10 Å². The summed E-state index contributed by atoms with van der Waals surface area (Å²) in [6, 6.07) is 11.9. The minimum atomic E-state index is -0.236. The first-order valence-electron chi connectivity index (χ1n) is 9.69. The van der Waals surface area contributed by atoms with Crippen molar-refractivity contribution in [2.45, 2.75) is 26.4 Å². The number of ether oxygens (including phenoxy) is 3. The Bertz CT molecular complexity index is 1170. The van der Waals surface area contributed by atoms with Crippen LogP contribution in [0.25, 0.3) is 21.3 Å². The van der Waals surface area contributed by atoms with Crippen LogP contribution in [-0.4, -0.2) is 28.4 Å². The Morgan fingerprint density at radius 3 is 2.90 bits per heavy atom. The zero-order valence-corrected chi connectivity index (χ0v) is 17.1. The maximum atomic E-state index is 6.16. The van der Waals surface area contributed by atoms with Crippen LogP contribution >= 0.6 is 11.3 Å². The number of nitrogens with zero attached hydrogens (tertiary/aromatic N) is 2. The number of fused-ring (bicyclic) bond motifs is 2. The lowest BCUT2D eigenvalue weighted by Crippen LogP contribution is -2.21. The Labute approximate surface area is 172 Å². The molecule has 0 bridgehead atoms. The van der Waals surface area contributed by atoms with E-state index in [1.165, 1.54) is 0 Å². The van der Waals surface area contributed by atoms with Gasteiger partial charge in [0.05, 0.1) is 17.5 Å². The average molecular weight is 407 g/mol. The van der Waals surface area contributed by atoms with E-state index in [0.29, 0.717) is 13.2 Å². The Morgan fingerprint density at radius 2 is 2.10 bits per heavy atom. The van der Waals surface area contributed by atoms with Gasteiger partial charge in [-0.25, -0.2) is 4.98 Å². The van der Waals surface area contributed by atoms with E-state index in [1.807, 2.05) is 43.5 Å². The van der Waals surface area contributed by atoms with Gasteiger partial charge in [-0.15, -0.1) is 11.3 Å². The first-order chi connectivity index (χ1) is 14.2. The monoisotopic (exact) mass is 407 g/mol. The molecule has 4 aromatic rings. The third-order valence-corrected chi connectivity index (χ3v) is 5.96. The predicted octanol–water partition coefficient (Wildman–Crippen LogP) is 5.30. The van der Waals surface area contributed by atoms with Crippen molar-refractivity contribution in [1.29, 1.82) is 0 Å². The van der Waals surface area contributed by atoms with Crippen LogP contribution in [0.3, 0.4) is 0 Å². The number of aryl methyl sites for hydroxylation is 1. The zero-order valence-electron chi connectivity index (χ0n) is 16.3. The van der Waals surface area contributed by atoms with Crippen LogP contribution < -0.4 is 14.2 Å². The molecule has 0 radical (unpaired) electrons. The molecule has 1 unspecified atom stereocenters. The number of aromatic amines is 1. The molecule has 2 aromatic carbocycles. The second-order valence-corrected chi connectivity index (χ2v) is 8.06. The minimum Gasteiger partial charge on any atom is -0.491 e. The van der Waals surface area contributed by atoms with E-state index < -0.39 is 0 Å². The van der Waals surface area contributed by atoms with Gasteiger partial charge < -0.3 is 14.2 Å². The highest BCUT2D eigenvalue weighted by molar-refractivity contribution is 7.18. The molecule has 2 aromatic heterocycles. The number of hydrogen-bond acceptors (Lipinski definition) is 6. The smallest absolute Gasteiger partial charge is 0.184 e. The van der Waals surface area contributed by atoms with Crippen LogP contribution in [0, 0.1) is 6.92 Å². The standard InChI is InChI=1S/C22H21N3O3S/c1-3-8-26-18-9-14(15-11-23-25-13(15)2)10-20-21(18)24-22(29-20)19-12-27-16-6-4-5-7-17(16)28-19/h4-7,9-11,19H,3,8,12H2,1-2H3,(H,23,25). The molecular weight excluding hydrogens is 386 g/mol. The number of rotatable bonds is 5. The molecule has 0 spiro atoms. The number of H-pyrrole nitrogens is 1. The summed E-state index contributed by atoms with van der Waals surface area (Å²) in [7, 11) is 0. The number of benzene rings is 2. The summed E-state index contributed by atoms with van der Waals surface area (Å²) >= 11 is 1.62. The predicted molar refractivity (Wildman–Crippen MR) is 113 cm³/mol. The molecule has 0 amide bonds. The minimum absolute atomic E-state index is 0.236. The molecule has 7 heteroatoms. The number of para-hydroxylation sites is 2. The molecule has 0 saturated carbocycles. The second-order valence-electron chi connectivity index (χ2n) is 6.99. The van der Waals surface area contributed by atoms with Crippen molar-refractivity contribution < 1.29 is 14.2 Å². The molecular formula is C22H21N3O3S. The van der Waals surface area contributed by atoms with Gasteiger partial charge in [0.2, 0.25) is 0 Å². The van der Waals surface area contributed by atoms with E-state index in [-0.39, 0.29) is 6.10 Å². The van der Waals surface area contributed by atoms with Crippen LogP contribution in [0.4, 0.5) is 0 Å².